The maximum atomic E-state index is 13.7. The lowest BCUT2D eigenvalue weighted by molar-refractivity contribution is 0.553. The molecule has 0 aliphatic carbocycles. The summed E-state index contributed by atoms with van der Waals surface area (Å²) >= 11 is 5.64. The van der Waals surface area contributed by atoms with Crippen molar-refractivity contribution in [1.82, 2.24) is 0 Å². The van der Waals surface area contributed by atoms with Crippen LogP contribution >= 0.6 is 11.6 Å². The van der Waals surface area contributed by atoms with Crippen molar-refractivity contribution < 1.29 is 13.2 Å². The molecular formula is C14H11ClF3N. The lowest BCUT2D eigenvalue weighted by Gasteiger charge is -2.15. The van der Waals surface area contributed by atoms with Crippen LogP contribution in [0.2, 0.25) is 5.02 Å². The summed E-state index contributed by atoms with van der Waals surface area (Å²) in [5, 5.41) is 0.226. The van der Waals surface area contributed by atoms with Crippen molar-refractivity contribution in [2.75, 3.05) is 0 Å². The molecule has 2 N–H and O–H groups in total. The fourth-order valence-corrected chi connectivity index (χ4v) is 2.00. The van der Waals surface area contributed by atoms with Gasteiger partial charge in [-0.05, 0) is 30.7 Å². The van der Waals surface area contributed by atoms with E-state index in [1.54, 1.807) is 0 Å². The second-order valence-electron chi connectivity index (χ2n) is 4.27. The van der Waals surface area contributed by atoms with Gasteiger partial charge in [0, 0.05) is 22.2 Å². The van der Waals surface area contributed by atoms with Gasteiger partial charge in [-0.1, -0.05) is 17.7 Å². The van der Waals surface area contributed by atoms with Crippen molar-refractivity contribution in [1.29, 1.82) is 0 Å². The van der Waals surface area contributed by atoms with Gasteiger partial charge in [-0.25, -0.2) is 13.2 Å². The van der Waals surface area contributed by atoms with E-state index in [4.69, 9.17) is 17.3 Å². The lowest BCUT2D eigenvalue weighted by atomic mass is 9.97. The third-order valence-electron chi connectivity index (χ3n) is 2.91. The van der Waals surface area contributed by atoms with E-state index in [9.17, 15) is 13.2 Å². The number of aryl methyl sites for hydroxylation is 1. The highest BCUT2D eigenvalue weighted by molar-refractivity contribution is 6.30. The summed E-state index contributed by atoms with van der Waals surface area (Å²) in [5.41, 5.74) is 6.24. The topological polar surface area (TPSA) is 26.0 Å². The second-order valence-corrected chi connectivity index (χ2v) is 4.70. The molecule has 1 atom stereocenters. The first-order valence-corrected chi connectivity index (χ1v) is 5.94. The minimum atomic E-state index is -1.02. The van der Waals surface area contributed by atoms with Crippen molar-refractivity contribution in [3.8, 4) is 0 Å². The monoisotopic (exact) mass is 285 g/mol. The zero-order chi connectivity index (χ0) is 14.2. The summed E-state index contributed by atoms with van der Waals surface area (Å²) in [6.45, 7) is 1.49. The zero-order valence-corrected chi connectivity index (χ0v) is 10.8. The molecule has 0 aliphatic rings. The highest BCUT2D eigenvalue weighted by Gasteiger charge is 2.19. The highest BCUT2D eigenvalue weighted by atomic mass is 35.5. The van der Waals surface area contributed by atoms with Crippen LogP contribution in [-0.4, -0.2) is 0 Å². The summed E-state index contributed by atoms with van der Waals surface area (Å²) in [4.78, 5) is 0. The summed E-state index contributed by atoms with van der Waals surface area (Å²) < 4.78 is 40.6. The maximum absolute atomic E-state index is 13.7. The van der Waals surface area contributed by atoms with E-state index in [0.717, 1.165) is 12.1 Å². The fourth-order valence-electron chi connectivity index (χ4n) is 1.84. The SMILES string of the molecule is Cc1cc(C(N)c2ccc(Cl)cc2F)c(F)cc1F. The van der Waals surface area contributed by atoms with Gasteiger partial charge in [0.2, 0.25) is 0 Å². The van der Waals surface area contributed by atoms with Crippen LogP contribution in [0.5, 0.6) is 0 Å². The van der Waals surface area contributed by atoms with Gasteiger partial charge >= 0.3 is 0 Å². The van der Waals surface area contributed by atoms with Gasteiger partial charge in [0.25, 0.3) is 0 Å². The molecule has 5 heteroatoms. The van der Waals surface area contributed by atoms with Gasteiger partial charge in [0.05, 0.1) is 6.04 Å². The molecule has 0 saturated heterocycles. The van der Waals surface area contributed by atoms with Crippen LogP contribution in [0.15, 0.2) is 30.3 Å². The minimum Gasteiger partial charge on any atom is -0.320 e. The van der Waals surface area contributed by atoms with Crippen LogP contribution in [0.1, 0.15) is 22.7 Å². The molecule has 0 spiro atoms. The molecule has 0 heterocycles. The molecule has 0 saturated carbocycles. The minimum absolute atomic E-state index is 0.0418. The number of halogens is 4. The largest absolute Gasteiger partial charge is 0.320 e. The third kappa shape index (κ3) is 2.74. The van der Waals surface area contributed by atoms with Gasteiger partial charge in [0.1, 0.15) is 17.5 Å². The van der Waals surface area contributed by atoms with Gasteiger partial charge in [-0.2, -0.15) is 0 Å². The average Bonchev–Trinajstić information content (AvgIpc) is 2.33. The molecule has 2 aromatic rings. The first-order valence-electron chi connectivity index (χ1n) is 5.56. The molecule has 0 aliphatic heterocycles. The Hall–Kier alpha value is -1.52. The Morgan fingerprint density at radius 3 is 2.21 bits per heavy atom. The molecule has 0 aromatic heterocycles. The predicted octanol–water partition coefficient (Wildman–Crippen LogP) is 4.11. The van der Waals surface area contributed by atoms with Crippen LogP contribution in [0.3, 0.4) is 0 Å². The van der Waals surface area contributed by atoms with E-state index in [2.05, 4.69) is 0 Å². The van der Waals surface area contributed by atoms with Crippen molar-refractivity contribution in [2.45, 2.75) is 13.0 Å². The second kappa shape index (κ2) is 5.23. The Kier molecular flexibility index (Phi) is 3.83. The smallest absolute Gasteiger partial charge is 0.131 e. The predicted molar refractivity (Wildman–Crippen MR) is 68.5 cm³/mol. The van der Waals surface area contributed by atoms with Crippen LogP contribution < -0.4 is 5.73 Å². The van der Waals surface area contributed by atoms with Crippen LogP contribution in [0.4, 0.5) is 13.2 Å². The summed E-state index contributed by atoms with van der Waals surface area (Å²) in [7, 11) is 0. The third-order valence-corrected chi connectivity index (χ3v) is 3.15. The summed E-state index contributed by atoms with van der Waals surface area (Å²) in [6.07, 6.45) is 0. The molecule has 100 valence electrons. The van der Waals surface area contributed by atoms with Crippen LogP contribution in [0.25, 0.3) is 0 Å². The van der Waals surface area contributed by atoms with E-state index in [0.29, 0.717) is 0 Å². The van der Waals surface area contributed by atoms with E-state index >= 15 is 0 Å². The number of hydrogen-bond acceptors (Lipinski definition) is 1. The van der Waals surface area contributed by atoms with Crippen LogP contribution in [-0.2, 0) is 0 Å². The van der Waals surface area contributed by atoms with Crippen molar-refractivity contribution in [3.63, 3.8) is 0 Å². The standard InChI is InChI=1S/C14H11ClF3N/c1-7-4-10(13(18)6-11(7)16)14(19)9-3-2-8(15)5-12(9)17/h2-6,14H,19H2,1H3. The molecule has 2 rings (SSSR count). The molecule has 1 unspecified atom stereocenters. The normalized spacial score (nSPS) is 12.5. The Balaban J connectivity index is 2.49. The summed E-state index contributed by atoms with van der Waals surface area (Å²) in [5.74, 6) is -2.09. The number of hydrogen-bond donors (Lipinski definition) is 1. The van der Waals surface area contributed by atoms with Gasteiger partial charge in [0.15, 0.2) is 0 Å². The van der Waals surface area contributed by atoms with E-state index in [1.807, 2.05) is 0 Å². The molecule has 2 aromatic carbocycles. The maximum Gasteiger partial charge on any atom is 0.131 e. The molecular weight excluding hydrogens is 275 g/mol. The molecule has 0 fully saturated rings. The zero-order valence-electron chi connectivity index (χ0n) is 10.1. The molecule has 0 radical (unpaired) electrons. The van der Waals surface area contributed by atoms with Crippen molar-refractivity contribution >= 4 is 11.6 Å². The number of nitrogens with two attached hydrogens (primary N) is 1. The van der Waals surface area contributed by atoms with E-state index in [-0.39, 0.29) is 21.7 Å². The molecule has 0 bridgehead atoms. The Bertz CT molecular complexity index is 628. The fraction of sp³-hybridized carbons (Fsp3) is 0.143. The molecule has 1 nitrogen and oxygen atoms in total. The van der Waals surface area contributed by atoms with E-state index in [1.165, 1.54) is 25.1 Å². The average molecular weight is 286 g/mol. The Morgan fingerprint density at radius 2 is 1.58 bits per heavy atom. The Morgan fingerprint density at radius 1 is 0.947 bits per heavy atom. The van der Waals surface area contributed by atoms with Gasteiger partial charge in [-0.15, -0.1) is 0 Å². The molecule has 0 amide bonds. The van der Waals surface area contributed by atoms with Crippen molar-refractivity contribution in [2.24, 2.45) is 5.73 Å². The highest BCUT2D eigenvalue weighted by Crippen LogP contribution is 2.27. The lowest BCUT2D eigenvalue weighted by Crippen LogP contribution is -2.16. The molecule has 19 heavy (non-hydrogen) atoms. The number of rotatable bonds is 2. The first kappa shape index (κ1) is 13.9. The van der Waals surface area contributed by atoms with Crippen LogP contribution in [0, 0.1) is 24.4 Å². The Labute approximate surface area is 113 Å². The van der Waals surface area contributed by atoms with Gasteiger partial charge in [-0.3, -0.25) is 0 Å². The van der Waals surface area contributed by atoms with E-state index < -0.39 is 23.5 Å². The van der Waals surface area contributed by atoms with Crippen molar-refractivity contribution in [3.05, 3.63) is 69.5 Å². The quantitative estimate of drug-likeness (QED) is 0.883. The summed E-state index contributed by atoms with van der Waals surface area (Å²) in [6, 6.07) is 4.97. The first-order chi connectivity index (χ1) is 8.90. The van der Waals surface area contributed by atoms with Gasteiger partial charge < -0.3 is 5.73 Å². The number of benzene rings is 2.